The third-order valence-corrected chi connectivity index (χ3v) is 6.71. The lowest BCUT2D eigenvalue weighted by atomic mass is 10.2. The Labute approximate surface area is 202 Å². The maximum atomic E-state index is 15.0. The van der Waals surface area contributed by atoms with Crippen LogP contribution in [-0.4, -0.2) is 92.8 Å². The van der Waals surface area contributed by atoms with Gasteiger partial charge < -0.3 is 24.8 Å². The first kappa shape index (κ1) is 23.2. The standard InChI is InChI=1S/C24H29FN8O2/c1-2-22(35)32-6-5-18(15-32)33-16-27-21-14-26-24(29-23(21)33)28-20-4-3-17(13-19(20)25)31-9-7-30(8-10-31)11-12-34/h2-4,13-14,16,18,34H,1,5-12,15H2,(H,26,28,29). The van der Waals surface area contributed by atoms with Gasteiger partial charge in [-0.1, -0.05) is 6.58 Å². The molecule has 3 aromatic rings. The summed E-state index contributed by atoms with van der Waals surface area (Å²) in [4.78, 5) is 31.3. The number of aliphatic hydroxyl groups excluding tert-OH is 1. The molecule has 5 rings (SSSR count). The highest BCUT2D eigenvalue weighted by atomic mass is 19.1. The summed E-state index contributed by atoms with van der Waals surface area (Å²) < 4.78 is 16.9. The first-order valence-corrected chi connectivity index (χ1v) is 11.8. The van der Waals surface area contributed by atoms with Crippen LogP contribution in [-0.2, 0) is 4.79 Å². The first-order chi connectivity index (χ1) is 17.1. The zero-order valence-corrected chi connectivity index (χ0v) is 19.5. The first-order valence-electron chi connectivity index (χ1n) is 11.8. The number of β-amino-alcohol motifs (C(OH)–C–C–N with tert-alkyl or cyclic N) is 1. The van der Waals surface area contributed by atoms with Crippen LogP contribution < -0.4 is 10.2 Å². The number of benzene rings is 1. The average molecular weight is 481 g/mol. The number of carbonyl (C=O) groups excluding carboxylic acids is 1. The van der Waals surface area contributed by atoms with Crippen molar-refractivity contribution in [2.45, 2.75) is 12.5 Å². The highest BCUT2D eigenvalue weighted by Crippen LogP contribution is 2.27. The molecule has 2 aliphatic heterocycles. The molecule has 35 heavy (non-hydrogen) atoms. The Hall–Kier alpha value is -3.57. The molecule has 1 amide bonds. The molecule has 11 heteroatoms. The summed E-state index contributed by atoms with van der Waals surface area (Å²) in [5.41, 5.74) is 2.39. The van der Waals surface area contributed by atoms with E-state index in [4.69, 9.17) is 5.11 Å². The quantitative estimate of drug-likeness (QED) is 0.494. The van der Waals surface area contributed by atoms with Gasteiger partial charge in [-0.15, -0.1) is 0 Å². The van der Waals surface area contributed by atoms with Crippen LogP contribution in [0.2, 0.25) is 0 Å². The van der Waals surface area contributed by atoms with Crippen LogP contribution in [0, 0.1) is 5.82 Å². The Morgan fingerprint density at radius 1 is 1.23 bits per heavy atom. The van der Waals surface area contributed by atoms with Crippen LogP contribution in [0.25, 0.3) is 11.2 Å². The summed E-state index contributed by atoms with van der Waals surface area (Å²) in [6.07, 6.45) is 5.45. The van der Waals surface area contributed by atoms with Crippen molar-refractivity contribution in [2.24, 2.45) is 0 Å². The molecule has 10 nitrogen and oxygen atoms in total. The number of fused-ring (bicyclic) bond motifs is 1. The molecule has 2 N–H and O–H groups in total. The number of hydrogen-bond acceptors (Lipinski definition) is 8. The molecule has 0 spiro atoms. The third-order valence-electron chi connectivity index (χ3n) is 6.71. The molecule has 2 fully saturated rings. The number of piperazine rings is 1. The molecular weight excluding hydrogens is 451 g/mol. The number of anilines is 3. The van der Waals surface area contributed by atoms with Gasteiger partial charge in [0.2, 0.25) is 11.9 Å². The van der Waals surface area contributed by atoms with Gasteiger partial charge in [-0.3, -0.25) is 9.69 Å². The fourth-order valence-corrected chi connectivity index (χ4v) is 4.75. The van der Waals surface area contributed by atoms with Gasteiger partial charge in [-0.25, -0.2) is 14.4 Å². The second-order valence-corrected chi connectivity index (χ2v) is 8.83. The number of aliphatic hydroxyl groups is 1. The number of aromatic nitrogens is 4. The van der Waals surface area contributed by atoms with E-state index in [0.29, 0.717) is 36.5 Å². The van der Waals surface area contributed by atoms with Crippen LogP contribution in [0.4, 0.5) is 21.7 Å². The minimum Gasteiger partial charge on any atom is -0.395 e. The summed E-state index contributed by atoms with van der Waals surface area (Å²) in [5, 5.41) is 12.1. The zero-order valence-electron chi connectivity index (χ0n) is 19.5. The van der Waals surface area contributed by atoms with Gasteiger partial charge >= 0.3 is 0 Å². The number of rotatable bonds is 7. The van der Waals surface area contributed by atoms with Gasteiger partial charge in [0.25, 0.3) is 0 Å². The monoisotopic (exact) mass is 480 g/mol. The number of nitrogens with one attached hydrogen (secondary N) is 1. The van der Waals surface area contributed by atoms with E-state index < -0.39 is 0 Å². The molecular formula is C24H29FN8O2. The van der Waals surface area contributed by atoms with Gasteiger partial charge in [0.1, 0.15) is 11.3 Å². The highest BCUT2D eigenvalue weighted by molar-refractivity contribution is 5.87. The zero-order chi connectivity index (χ0) is 24.4. The molecule has 0 radical (unpaired) electrons. The maximum absolute atomic E-state index is 15.0. The molecule has 1 atom stereocenters. The average Bonchev–Trinajstić information content (AvgIpc) is 3.52. The van der Waals surface area contributed by atoms with E-state index in [1.165, 1.54) is 12.1 Å². The summed E-state index contributed by atoms with van der Waals surface area (Å²) in [6.45, 7) is 8.84. The number of amides is 1. The summed E-state index contributed by atoms with van der Waals surface area (Å²) >= 11 is 0. The SMILES string of the molecule is C=CC(=O)N1CCC(n2cnc3cnc(Nc4ccc(N5CCN(CCO)CC5)cc4F)nc32)C1. The number of likely N-dealkylation sites (tertiary alicyclic amines) is 1. The normalized spacial score (nSPS) is 18.9. The number of imidazole rings is 1. The van der Waals surface area contributed by atoms with Crippen molar-refractivity contribution >= 4 is 34.4 Å². The third kappa shape index (κ3) is 4.82. The van der Waals surface area contributed by atoms with Gasteiger partial charge in [-0.2, -0.15) is 4.98 Å². The molecule has 2 aromatic heterocycles. The fourth-order valence-electron chi connectivity index (χ4n) is 4.75. The lowest BCUT2D eigenvalue weighted by molar-refractivity contribution is -0.125. The molecule has 0 aliphatic carbocycles. The summed E-state index contributed by atoms with van der Waals surface area (Å²) in [7, 11) is 0. The topological polar surface area (TPSA) is 103 Å². The molecule has 2 saturated heterocycles. The molecule has 1 aromatic carbocycles. The maximum Gasteiger partial charge on any atom is 0.246 e. The summed E-state index contributed by atoms with van der Waals surface area (Å²) in [6, 6.07) is 5.17. The predicted octanol–water partition coefficient (Wildman–Crippen LogP) is 1.78. The van der Waals surface area contributed by atoms with Gasteiger partial charge in [-0.05, 0) is 30.7 Å². The largest absolute Gasteiger partial charge is 0.395 e. The van der Waals surface area contributed by atoms with E-state index in [9.17, 15) is 9.18 Å². The lowest BCUT2D eigenvalue weighted by Gasteiger charge is -2.35. The Kier molecular flexibility index (Phi) is 6.60. The number of hydrogen-bond donors (Lipinski definition) is 2. The van der Waals surface area contributed by atoms with Crippen molar-refractivity contribution in [3.63, 3.8) is 0 Å². The number of carbonyl (C=O) groups is 1. The van der Waals surface area contributed by atoms with Crippen LogP contribution in [0.1, 0.15) is 12.5 Å². The van der Waals surface area contributed by atoms with Crippen molar-refractivity contribution in [3.8, 4) is 0 Å². The van der Waals surface area contributed by atoms with Crippen LogP contribution in [0.15, 0.2) is 43.4 Å². The molecule has 184 valence electrons. The van der Waals surface area contributed by atoms with Gasteiger partial charge in [0.05, 0.1) is 30.9 Å². The number of halogens is 1. The van der Waals surface area contributed by atoms with E-state index in [-0.39, 0.29) is 30.3 Å². The van der Waals surface area contributed by atoms with E-state index >= 15 is 0 Å². The van der Waals surface area contributed by atoms with E-state index in [2.05, 4.69) is 36.6 Å². The molecule has 0 bridgehead atoms. The minimum atomic E-state index is -0.383. The Morgan fingerprint density at radius 2 is 2.06 bits per heavy atom. The molecule has 2 aliphatic rings. The fraction of sp³-hybridized carbons (Fsp3) is 0.417. The second kappa shape index (κ2) is 9.96. The van der Waals surface area contributed by atoms with Crippen LogP contribution in [0.3, 0.4) is 0 Å². The molecule has 1 unspecified atom stereocenters. The Morgan fingerprint density at radius 3 is 2.80 bits per heavy atom. The smallest absolute Gasteiger partial charge is 0.246 e. The van der Waals surface area contributed by atoms with Crippen molar-refractivity contribution in [3.05, 3.63) is 49.2 Å². The predicted molar refractivity (Wildman–Crippen MR) is 131 cm³/mol. The van der Waals surface area contributed by atoms with Crippen LogP contribution >= 0.6 is 0 Å². The summed E-state index contributed by atoms with van der Waals surface area (Å²) in [5.74, 6) is -0.188. The second-order valence-electron chi connectivity index (χ2n) is 8.83. The van der Waals surface area contributed by atoms with Crippen molar-refractivity contribution in [1.29, 1.82) is 0 Å². The van der Waals surface area contributed by atoms with E-state index in [1.54, 1.807) is 23.5 Å². The Balaban J connectivity index is 1.30. The van der Waals surface area contributed by atoms with E-state index in [1.807, 2.05) is 10.6 Å². The molecule has 0 saturated carbocycles. The van der Waals surface area contributed by atoms with Gasteiger partial charge in [0, 0.05) is 51.5 Å². The Bertz CT molecular complexity index is 1220. The lowest BCUT2D eigenvalue weighted by Crippen LogP contribution is -2.47. The molecule has 4 heterocycles. The van der Waals surface area contributed by atoms with Gasteiger partial charge in [0.15, 0.2) is 5.65 Å². The van der Waals surface area contributed by atoms with Crippen molar-refractivity contribution in [2.75, 3.05) is 62.6 Å². The highest BCUT2D eigenvalue weighted by Gasteiger charge is 2.27. The van der Waals surface area contributed by atoms with E-state index in [0.717, 1.165) is 38.3 Å². The minimum absolute atomic E-state index is 0.0560. The van der Waals surface area contributed by atoms with Crippen molar-refractivity contribution in [1.82, 2.24) is 29.3 Å². The number of nitrogens with zero attached hydrogens (tertiary/aromatic N) is 7. The van der Waals surface area contributed by atoms with Crippen molar-refractivity contribution < 1.29 is 14.3 Å². The van der Waals surface area contributed by atoms with Crippen LogP contribution in [0.5, 0.6) is 0 Å².